The SMILES string of the molecule is CCNC(=O)Nc1ccc(C(=O)Nc2cccc(F)c2)cn1. The van der Waals surface area contributed by atoms with Crippen molar-refractivity contribution in [1.29, 1.82) is 0 Å². The van der Waals surface area contributed by atoms with E-state index in [1.165, 1.54) is 36.5 Å². The van der Waals surface area contributed by atoms with Crippen molar-refractivity contribution >= 4 is 23.4 Å². The Kier molecular flexibility index (Phi) is 5.02. The van der Waals surface area contributed by atoms with Gasteiger partial charge in [0.25, 0.3) is 5.91 Å². The Balaban J connectivity index is 2.00. The lowest BCUT2D eigenvalue weighted by molar-refractivity contribution is 0.102. The summed E-state index contributed by atoms with van der Waals surface area (Å²) in [6, 6.07) is 8.25. The lowest BCUT2D eigenvalue weighted by Gasteiger charge is -2.07. The number of hydrogen-bond acceptors (Lipinski definition) is 3. The summed E-state index contributed by atoms with van der Waals surface area (Å²) in [4.78, 5) is 27.3. The molecule has 0 saturated carbocycles. The first-order valence-corrected chi connectivity index (χ1v) is 6.66. The van der Waals surface area contributed by atoms with Crippen LogP contribution in [0.3, 0.4) is 0 Å². The quantitative estimate of drug-likeness (QED) is 0.812. The number of nitrogens with one attached hydrogen (secondary N) is 3. The van der Waals surface area contributed by atoms with Crippen LogP contribution in [0.5, 0.6) is 0 Å². The molecule has 0 bridgehead atoms. The highest BCUT2D eigenvalue weighted by molar-refractivity contribution is 6.04. The molecule has 1 aromatic carbocycles. The molecule has 1 heterocycles. The number of pyridine rings is 1. The molecule has 3 amide bonds. The zero-order chi connectivity index (χ0) is 15.9. The van der Waals surface area contributed by atoms with Crippen LogP contribution in [-0.4, -0.2) is 23.5 Å². The maximum atomic E-state index is 13.0. The monoisotopic (exact) mass is 302 g/mol. The van der Waals surface area contributed by atoms with E-state index < -0.39 is 11.7 Å². The van der Waals surface area contributed by atoms with Crippen LogP contribution in [0.25, 0.3) is 0 Å². The molecule has 0 fully saturated rings. The van der Waals surface area contributed by atoms with E-state index in [1.807, 2.05) is 0 Å². The third kappa shape index (κ3) is 4.27. The molecule has 3 N–H and O–H groups in total. The number of rotatable bonds is 4. The summed E-state index contributed by atoms with van der Waals surface area (Å²) in [5, 5.41) is 7.65. The molecule has 0 unspecified atom stereocenters. The van der Waals surface area contributed by atoms with Gasteiger partial charge in [-0.15, -0.1) is 0 Å². The van der Waals surface area contributed by atoms with E-state index in [-0.39, 0.29) is 6.03 Å². The average molecular weight is 302 g/mol. The summed E-state index contributed by atoms with van der Waals surface area (Å²) >= 11 is 0. The molecule has 6 nitrogen and oxygen atoms in total. The second-order valence-corrected chi connectivity index (χ2v) is 4.38. The van der Waals surface area contributed by atoms with Gasteiger partial charge in [-0.2, -0.15) is 0 Å². The standard InChI is InChI=1S/C15H15FN4O2/c1-2-17-15(22)20-13-7-6-10(9-18-13)14(21)19-12-5-3-4-11(16)8-12/h3-9H,2H2,1H3,(H,19,21)(H2,17,18,20,22). The fourth-order valence-electron chi connectivity index (χ4n) is 1.69. The minimum atomic E-state index is -0.433. The predicted octanol–water partition coefficient (Wildman–Crippen LogP) is 2.61. The van der Waals surface area contributed by atoms with Crippen LogP contribution in [-0.2, 0) is 0 Å². The first kappa shape index (κ1) is 15.4. The van der Waals surface area contributed by atoms with Crippen molar-refractivity contribution in [3.63, 3.8) is 0 Å². The van der Waals surface area contributed by atoms with Crippen LogP contribution < -0.4 is 16.0 Å². The van der Waals surface area contributed by atoms with Gasteiger partial charge in [0.15, 0.2) is 0 Å². The van der Waals surface area contributed by atoms with Crippen LogP contribution in [0.2, 0.25) is 0 Å². The van der Waals surface area contributed by atoms with Crippen LogP contribution in [0, 0.1) is 5.82 Å². The topological polar surface area (TPSA) is 83.1 Å². The molecule has 0 aliphatic rings. The third-order valence-electron chi connectivity index (χ3n) is 2.69. The first-order chi connectivity index (χ1) is 10.6. The zero-order valence-electron chi connectivity index (χ0n) is 11.9. The molecule has 2 rings (SSSR count). The van der Waals surface area contributed by atoms with Crippen LogP contribution in [0.15, 0.2) is 42.6 Å². The van der Waals surface area contributed by atoms with Crippen molar-refractivity contribution in [1.82, 2.24) is 10.3 Å². The normalized spacial score (nSPS) is 9.91. The van der Waals surface area contributed by atoms with Gasteiger partial charge in [-0.25, -0.2) is 14.2 Å². The van der Waals surface area contributed by atoms with Gasteiger partial charge in [-0.3, -0.25) is 10.1 Å². The zero-order valence-corrected chi connectivity index (χ0v) is 11.9. The summed E-state index contributed by atoms with van der Waals surface area (Å²) in [6.07, 6.45) is 1.33. The number of urea groups is 1. The van der Waals surface area contributed by atoms with Crippen molar-refractivity contribution < 1.29 is 14.0 Å². The Morgan fingerprint density at radius 1 is 1.18 bits per heavy atom. The van der Waals surface area contributed by atoms with E-state index in [1.54, 1.807) is 13.0 Å². The number of benzene rings is 1. The number of nitrogens with zero attached hydrogens (tertiary/aromatic N) is 1. The molecular weight excluding hydrogens is 287 g/mol. The van der Waals surface area contributed by atoms with Gasteiger partial charge in [-0.05, 0) is 37.3 Å². The summed E-state index contributed by atoms with van der Waals surface area (Å²) in [6.45, 7) is 2.30. The molecule has 0 aliphatic heterocycles. The summed E-state index contributed by atoms with van der Waals surface area (Å²) in [5.74, 6) is -0.520. The van der Waals surface area contributed by atoms with Crippen molar-refractivity contribution in [3.05, 3.63) is 54.0 Å². The molecule has 0 atom stereocenters. The Labute approximate surface area is 126 Å². The van der Waals surface area contributed by atoms with Crippen LogP contribution in [0.1, 0.15) is 17.3 Å². The fraction of sp³-hybridized carbons (Fsp3) is 0.133. The molecule has 0 aliphatic carbocycles. The number of halogens is 1. The lowest BCUT2D eigenvalue weighted by atomic mass is 10.2. The molecule has 0 spiro atoms. The van der Waals surface area contributed by atoms with Gasteiger partial charge in [0.05, 0.1) is 5.56 Å². The van der Waals surface area contributed by atoms with E-state index >= 15 is 0 Å². The molecule has 7 heteroatoms. The maximum absolute atomic E-state index is 13.0. The highest BCUT2D eigenvalue weighted by atomic mass is 19.1. The number of aromatic nitrogens is 1. The third-order valence-corrected chi connectivity index (χ3v) is 2.69. The molecular formula is C15H15FN4O2. The van der Waals surface area contributed by atoms with E-state index in [2.05, 4.69) is 20.9 Å². The Morgan fingerprint density at radius 2 is 2.00 bits per heavy atom. The van der Waals surface area contributed by atoms with E-state index in [9.17, 15) is 14.0 Å². The molecule has 0 saturated heterocycles. The maximum Gasteiger partial charge on any atom is 0.320 e. The molecule has 2 aromatic rings. The van der Waals surface area contributed by atoms with Crippen molar-refractivity contribution in [2.75, 3.05) is 17.2 Å². The van der Waals surface area contributed by atoms with Gasteiger partial charge in [0.1, 0.15) is 11.6 Å². The second-order valence-electron chi connectivity index (χ2n) is 4.38. The van der Waals surface area contributed by atoms with Crippen molar-refractivity contribution in [2.45, 2.75) is 6.92 Å². The van der Waals surface area contributed by atoms with E-state index in [0.29, 0.717) is 23.6 Å². The van der Waals surface area contributed by atoms with Gasteiger partial charge in [0, 0.05) is 18.4 Å². The molecule has 1 aromatic heterocycles. The highest BCUT2D eigenvalue weighted by Crippen LogP contribution is 2.12. The van der Waals surface area contributed by atoms with Crippen LogP contribution >= 0.6 is 0 Å². The molecule has 114 valence electrons. The first-order valence-electron chi connectivity index (χ1n) is 6.66. The van der Waals surface area contributed by atoms with Gasteiger partial charge in [0.2, 0.25) is 0 Å². The van der Waals surface area contributed by atoms with Crippen LogP contribution in [0.4, 0.5) is 20.7 Å². The number of anilines is 2. The second kappa shape index (κ2) is 7.16. The Hall–Kier alpha value is -2.96. The predicted molar refractivity (Wildman–Crippen MR) is 81.3 cm³/mol. The summed E-state index contributed by atoms with van der Waals surface area (Å²) < 4.78 is 13.0. The van der Waals surface area contributed by atoms with E-state index in [0.717, 1.165) is 0 Å². The minimum absolute atomic E-state index is 0.297. The highest BCUT2D eigenvalue weighted by Gasteiger charge is 2.08. The number of carbonyl (C=O) groups excluding carboxylic acids is 2. The Morgan fingerprint density at radius 3 is 2.64 bits per heavy atom. The average Bonchev–Trinajstić information content (AvgIpc) is 2.48. The van der Waals surface area contributed by atoms with Gasteiger partial charge >= 0.3 is 6.03 Å². The van der Waals surface area contributed by atoms with Gasteiger partial charge in [-0.1, -0.05) is 6.07 Å². The summed E-state index contributed by atoms with van der Waals surface area (Å²) in [7, 11) is 0. The summed E-state index contributed by atoms with van der Waals surface area (Å²) in [5.41, 5.74) is 0.653. The fourth-order valence-corrected chi connectivity index (χ4v) is 1.69. The number of hydrogen-bond donors (Lipinski definition) is 3. The van der Waals surface area contributed by atoms with Crippen molar-refractivity contribution in [2.24, 2.45) is 0 Å². The Bertz CT molecular complexity index is 673. The molecule has 22 heavy (non-hydrogen) atoms. The lowest BCUT2D eigenvalue weighted by Crippen LogP contribution is -2.28. The largest absolute Gasteiger partial charge is 0.338 e. The van der Waals surface area contributed by atoms with Gasteiger partial charge < -0.3 is 10.6 Å². The van der Waals surface area contributed by atoms with E-state index in [4.69, 9.17) is 0 Å². The number of amides is 3. The molecule has 0 radical (unpaired) electrons. The number of carbonyl (C=O) groups is 2. The smallest absolute Gasteiger partial charge is 0.320 e. The van der Waals surface area contributed by atoms with Crippen molar-refractivity contribution in [3.8, 4) is 0 Å². The minimum Gasteiger partial charge on any atom is -0.338 e.